The Balaban J connectivity index is 4.44. The molecule has 0 aliphatic carbocycles. The van der Waals surface area contributed by atoms with E-state index in [9.17, 15) is 0 Å². The number of aliphatic imine (C=N–C) groups is 1. The molecule has 0 aromatic heterocycles. The third-order valence-corrected chi connectivity index (χ3v) is 3.78. The molecule has 0 aromatic carbocycles. The third kappa shape index (κ3) is 10.00. The Kier molecular flexibility index (Phi) is 13.9. The lowest BCUT2D eigenvalue weighted by Gasteiger charge is -2.17. The predicted octanol–water partition coefficient (Wildman–Crippen LogP) is 6.70. The van der Waals surface area contributed by atoms with Crippen molar-refractivity contribution >= 4 is 6.21 Å². The molecule has 0 bridgehead atoms. The van der Waals surface area contributed by atoms with E-state index >= 15 is 0 Å². The lowest BCUT2D eigenvalue weighted by atomic mass is 9.91. The largest absolute Gasteiger partial charge is 0.261 e. The zero-order valence-corrected chi connectivity index (χ0v) is 14.2. The van der Waals surface area contributed by atoms with Crippen LogP contribution in [0, 0.1) is 5.92 Å². The Bertz CT molecular complexity index is 286. The van der Waals surface area contributed by atoms with Crippen molar-refractivity contribution in [1.29, 1.82) is 0 Å². The Labute approximate surface area is 127 Å². The van der Waals surface area contributed by atoms with Crippen LogP contribution in [0.1, 0.15) is 85.5 Å². The first-order valence-corrected chi connectivity index (χ1v) is 8.61. The fraction of sp³-hybridized carbons (Fsp3) is 0.737. The van der Waals surface area contributed by atoms with Gasteiger partial charge in [-0.1, -0.05) is 70.9 Å². The molecule has 0 radical (unpaired) electrons. The highest BCUT2D eigenvalue weighted by molar-refractivity contribution is 5.72. The van der Waals surface area contributed by atoms with Crippen LogP contribution < -0.4 is 0 Å². The minimum Gasteiger partial charge on any atom is -0.261 e. The van der Waals surface area contributed by atoms with Crippen molar-refractivity contribution in [2.24, 2.45) is 10.9 Å². The van der Waals surface area contributed by atoms with Gasteiger partial charge in [0, 0.05) is 17.8 Å². The third-order valence-electron chi connectivity index (χ3n) is 3.78. The van der Waals surface area contributed by atoms with Crippen molar-refractivity contribution in [3.8, 4) is 0 Å². The van der Waals surface area contributed by atoms with E-state index < -0.39 is 0 Å². The zero-order chi connectivity index (χ0) is 15.1. The maximum absolute atomic E-state index is 4.66. The molecule has 0 rings (SSSR count). The molecule has 0 N–H and O–H groups in total. The van der Waals surface area contributed by atoms with Gasteiger partial charge in [0.25, 0.3) is 0 Å². The smallest absolute Gasteiger partial charge is 0.0391 e. The molecule has 20 heavy (non-hydrogen) atoms. The van der Waals surface area contributed by atoms with Gasteiger partial charge in [0.15, 0.2) is 0 Å². The van der Waals surface area contributed by atoms with Gasteiger partial charge in [0.05, 0.1) is 0 Å². The lowest BCUT2D eigenvalue weighted by Crippen LogP contribution is -2.04. The first kappa shape index (κ1) is 19.1. The number of hydrogen-bond acceptors (Lipinski definition) is 1. The summed E-state index contributed by atoms with van der Waals surface area (Å²) >= 11 is 0. The summed E-state index contributed by atoms with van der Waals surface area (Å²) in [5.41, 5.74) is 1.29. The second kappa shape index (κ2) is 14.6. The van der Waals surface area contributed by atoms with Crippen LogP contribution in [0.15, 0.2) is 28.9 Å². The quantitative estimate of drug-likeness (QED) is 0.278. The highest BCUT2D eigenvalue weighted by atomic mass is 14.7. The van der Waals surface area contributed by atoms with E-state index in [1.165, 1.54) is 63.5 Å². The van der Waals surface area contributed by atoms with E-state index in [1.54, 1.807) is 0 Å². The van der Waals surface area contributed by atoms with Crippen LogP contribution in [0.2, 0.25) is 0 Å². The van der Waals surface area contributed by atoms with Crippen LogP contribution in [-0.4, -0.2) is 6.21 Å². The molecule has 1 nitrogen and oxygen atoms in total. The molecule has 1 unspecified atom stereocenters. The van der Waals surface area contributed by atoms with Crippen LogP contribution >= 0.6 is 0 Å². The van der Waals surface area contributed by atoms with Crippen molar-refractivity contribution in [1.82, 2.24) is 0 Å². The molecule has 0 spiro atoms. The van der Waals surface area contributed by atoms with Crippen LogP contribution in [0.4, 0.5) is 0 Å². The minimum atomic E-state index is 0.657. The van der Waals surface area contributed by atoms with Crippen LogP contribution in [0.25, 0.3) is 0 Å². The van der Waals surface area contributed by atoms with Gasteiger partial charge in [0.2, 0.25) is 0 Å². The molecule has 0 amide bonds. The zero-order valence-electron chi connectivity index (χ0n) is 14.2. The van der Waals surface area contributed by atoms with Gasteiger partial charge < -0.3 is 0 Å². The van der Waals surface area contributed by atoms with E-state index in [-0.39, 0.29) is 0 Å². The Morgan fingerprint density at radius 1 is 0.900 bits per heavy atom. The topological polar surface area (TPSA) is 12.4 Å². The monoisotopic (exact) mass is 277 g/mol. The number of nitrogens with zero attached hydrogens (tertiary/aromatic N) is 1. The van der Waals surface area contributed by atoms with Crippen LogP contribution in [-0.2, 0) is 0 Å². The predicted molar refractivity (Wildman–Crippen MR) is 93.5 cm³/mol. The van der Waals surface area contributed by atoms with Gasteiger partial charge in [-0.25, -0.2) is 0 Å². The van der Waals surface area contributed by atoms with Crippen molar-refractivity contribution in [2.75, 3.05) is 0 Å². The molecular formula is C19H35N. The van der Waals surface area contributed by atoms with Crippen molar-refractivity contribution in [2.45, 2.75) is 85.5 Å². The summed E-state index contributed by atoms with van der Waals surface area (Å²) in [6.45, 7) is 8.71. The highest BCUT2D eigenvalue weighted by Gasteiger charge is 2.12. The molecule has 0 aliphatic heterocycles. The number of rotatable bonds is 12. The van der Waals surface area contributed by atoms with E-state index in [2.05, 4.69) is 31.8 Å². The van der Waals surface area contributed by atoms with E-state index in [4.69, 9.17) is 0 Å². The molecule has 1 heteroatoms. The van der Waals surface area contributed by atoms with Gasteiger partial charge in [-0.15, -0.1) is 0 Å². The van der Waals surface area contributed by atoms with Gasteiger partial charge in [0.1, 0.15) is 0 Å². The molecular weight excluding hydrogens is 242 g/mol. The minimum absolute atomic E-state index is 0.657. The summed E-state index contributed by atoms with van der Waals surface area (Å²) in [6, 6.07) is 0. The first-order valence-electron chi connectivity index (χ1n) is 8.61. The van der Waals surface area contributed by atoms with Crippen molar-refractivity contribution < 1.29 is 0 Å². The summed E-state index contributed by atoms with van der Waals surface area (Å²) in [4.78, 5) is 4.66. The van der Waals surface area contributed by atoms with E-state index in [0.29, 0.717) is 5.92 Å². The molecule has 0 aromatic rings. The summed E-state index contributed by atoms with van der Waals surface area (Å²) in [5.74, 6) is 0.657. The summed E-state index contributed by atoms with van der Waals surface area (Å²) in [6.07, 6.45) is 20.2. The Hall–Kier alpha value is -0.850. The van der Waals surface area contributed by atoms with Crippen molar-refractivity contribution in [3.63, 3.8) is 0 Å². The normalized spacial score (nSPS) is 14.5. The maximum Gasteiger partial charge on any atom is 0.0391 e. The van der Waals surface area contributed by atoms with Gasteiger partial charge in [-0.3, -0.25) is 4.99 Å². The Morgan fingerprint density at radius 3 is 2.05 bits per heavy atom. The van der Waals surface area contributed by atoms with Gasteiger partial charge in [-0.05, 0) is 32.8 Å². The summed E-state index contributed by atoms with van der Waals surface area (Å²) in [7, 11) is 0. The fourth-order valence-electron chi connectivity index (χ4n) is 2.53. The standard InChI is InChI=1S/C19H35N/c1-5-9-12-14-16-18(15-13-10-6-2)19(8-4)20-17-11-7-3/h7-8,11,17-18H,5-6,9-10,12-16H2,1-4H3/b11-7-,19-8-,20-17-. The molecule has 0 aliphatic rings. The maximum atomic E-state index is 4.66. The molecule has 0 fully saturated rings. The SMILES string of the molecule is C\C=C/C=N\C(=C/C)C(CCCCC)CCCCCC. The summed E-state index contributed by atoms with van der Waals surface area (Å²) in [5, 5.41) is 0. The molecule has 116 valence electrons. The van der Waals surface area contributed by atoms with Gasteiger partial charge in [-0.2, -0.15) is 0 Å². The second-order valence-corrected chi connectivity index (χ2v) is 5.56. The molecule has 1 atom stereocenters. The Morgan fingerprint density at radius 2 is 1.50 bits per heavy atom. The van der Waals surface area contributed by atoms with Crippen molar-refractivity contribution in [3.05, 3.63) is 23.9 Å². The number of hydrogen-bond donors (Lipinski definition) is 0. The van der Waals surface area contributed by atoms with E-state index in [1.807, 2.05) is 25.3 Å². The van der Waals surface area contributed by atoms with Crippen LogP contribution in [0.5, 0.6) is 0 Å². The second-order valence-electron chi connectivity index (χ2n) is 5.56. The average molecular weight is 277 g/mol. The van der Waals surface area contributed by atoms with Crippen LogP contribution in [0.3, 0.4) is 0 Å². The van der Waals surface area contributed by atoms with E-state index in [0.717, 1.165) is 0 Å². The highest BCUT2D eigenvalue weighted by Crippen LogP contribution is 2.26. The number of allylic oxidation sites excluding steroid dienone is 4. The molecule has 0 saturated carbocycles. The van der Waals surface area contributed by atoms with Gasteiger partial charge >= 0.3 is 0 Å². The summed E-state index contributed by atoms with van der Waals surface area (Å²) < 4.78 is 0. The average Bonchev–Trinajstić information content (AvgIpc) is 2.47. The molecule has 0 saturated heterocycles. The fourth-order valence-corrected chi connectivity index (χ4v) is 2.53. The molecule has 0 heterocycles. The first-order chi connectivity index (χ1) is 9.79. The number of unbranched alkanes of at least 4 members (excludes halogenated alkanes) is 5. The lowest BCUT2D eigenvalue weighted by molar-refractivity contribution is 0.455.